The molecule has 0 aliphatic heterocycles. The fourth-order valence-corrected chi connectivity index (χ4v) is 0.703. The Morgan fingerprint density at radius 2 is 2.18 bits per heavy atom. The number of rotatable bonds is 3. The summed E-state index contributed by atoms with van der Waals surface area (Å²) in [5.41, 5.74) is 0. The van der Waals surface area contributed by atoms with Gasteiger partial charge in [0.05, 0.1) is 6.26 Å². The van der Waals surface area contributed by atoms with Gasteiger partial charge in [-0.25, -0.2) is 0 Å². The second kappa shape index (κ2) is 7.35. The molecule has 0 saturated carbocycles. The molecule has 0 bridgehead atoms. The van der Waals surface area contributed by atoms with Crippen LogP contribution < -0.4 is 5.32 Å². The van der Waals surface area contributed by atoms with Gasteiger partial charge in [0, 0.05) is 13.0 Å². The predicted molar refractivity (Wildman–Crippen MR) is 47.7 cm³/mol. The first-order valence-electron chi connectivity index (χ1n) is 4.10. The van der Waals surface area contributed by atoms with E-state index in [1.165, 1.54) is 0 Å². The molecule has 0 spiro atoms. The van der Waals surface area contributed by atoms with E-state index in [1.54, 1.807) is 6.26 Å². The van der Waals surface area contributed by atoms with E-state index in [-0.39, 0.29) is 0 Å². The van der Waals surface area contributed by atoms with Gasteiger partial charge in [-0.15, -0.1) is 0 Å². The first-order valence-corrected chi connectivity index (χ1v) is 4.10. The third-order valence-electron chi connectivity index (χ3n) is 1.20. The lowest BCUT2D eigenvalue weighted by atomic mass is 10.3. The van der Waals surface area contributed by atoms with E-state index in [0.29, 0.717) is 0 Å². The maximum absolute atomic E-state index is 5.10. The highest BCUT2D eigenvalue weighted by Gasteiger charge is 1.90. The highest BCUT2D eigenvalue weighted by atomic mass is 16.3. The van der Waals surface area contributed by atoms with Gasteiger partial charge in [-0.2, -0.15) is 0 Å². The van der Waals surface area contributed by atoms with E-state index < -0.39 is 0 Å². The normalized spacial score (nSPS) is 8.64. The Kier molecular flexibility index (Phi) is 6.84. The third-order valence-corrected chi connectivity index (χ3v) is 1.20. The topological polar surface area (TPSA) is 25.2 Å². The summed E-state index contributed by atoms with van der Waals surface area (Å²) in [6.45, 7) is 4.98. The van der Waals surface area contributed by atoms with Gasteiger partial charge in [-0.1, -0.05) is 13.8 Å². The lowest BCUT2D eigenvalue weighted by Crippen LogP contribution is -2.09. The van der Waals surface area contributed by atoms with Crippen LogP contribution in [0.3, 0.4) is 0 Å². The van der Waals surface area contributed by atoms with Crippen LogP contribution in [0.4, 0.5) is 0 Å². The second-order valence-electron chi connectivity index (χ2n) is 1.93. The molecule has 11 heavy (non-hydrogen) atoms. The van der Waals surface area contributed by atoms with E-state index in [1.807, 2.05) is 33.0 Å². The first kappa shape index (κ1) is 10.2. The van der Waals surface area contributed by atoms with Gasteiger partial charge < -0.3 is 9.73 Å². The SMILES string of the molecule is CC.CNCCc1ccco1. The molecule has 0 amide bonds. The number of furan rings is 1. The van der Waals surface area contributed by atoms with Gasteiger partial charge in [0.15, 0.2) is 0 Å². The minimum atomic E-state index is 0.976. The van der Waals surface area contributed by atoms with E-state index in [4.69, 9.17) is 4.42 Å². The van der Waals surface area contributed by atoms with Gasteiger partial charge in [-0.3, -0.25) is 0 Å². The Morgan fingerprint density at radius 1 is 1.45 bits per heavy atom. The van der Waals surface area contributed by atoms with Crippen molar-refractivity contribution >= 4 is 0 Å². The van der Waals surface area contributed by atoms with Crippen LogP contribution in [-0.4, -0.2) is 13.6 Å². The largest absolute Gasteiger partial charge is 0.469 e. The summed E-state index contributed by atoms with van der Waals surface area (Å²) in [5, 5.41) is 3.05. The highest BCUT2D eigenvalue weighted by molar-refractivity contribution is 4.98. The molecule has 1 aromatic rings. The fourth-order valence-electron chi connectivity index (χ4n) is 0.703. The molecule has 1 N–H and O–H groups in total. The van der Waals surface area contributed by atoms with Gasteiger partial charge >= 0.3 is 0 Å². The molecule has 1 aromatic heterocycles. The maximum atomic E-state index is 5.10. The number of nitrogens with one attached hydrogen (secondary N) is 1. The lowest BCUT2D eigenvalue weighted by Gasteiger charge is -1.92. The minimum absolute atomic E-state index is 0.976. The maximum Gasteiger partial charge on any atom is 0.105 e. The fraction of sp³-hybridized carbons (Fsp3) is 0.556. The molecule has 2 heteroatoms. The molecule has 0 aromatic carbocycles. The molecule has 0 aliphatic carbocycles. The quantitative estimate of drug-likeness (QED) is 0.722. The predicted octanol–water partition coefficient (Wildman–Crippen LogP) is 2.07. The van der Waals surface area contributed by atoms with Crippen molar-refractivity contribution in [2.24, 2.45) is 0 Å². The number of likely N-dealkylation sites (N-methyl/N-ethyl adjacent to an activating group) is 1. The Morgan fingerprint density at radius 3 is 2.64 bits per heavy atom. The van der Waals surface area contributed by atoms with Crippen LogP contribution in [0.1, 0.15) is 19.6 Å². The third kappa shape index (κ3) is 4.62. The molecule has 0 unspecified atom stereocenters. The van der Waals surface area contributed by atoms with E-state index in [2.05, 4.69) is 5.32 Å². The number of hydrogen-bond donors (Lipinski definition) is 1. The molecule has 0 saturated heterocycles. The molecule has 0 aliphatic rings. The van der Waals surface area contributed by atoms with Crippen molar-refractivity contribution in [1.82, 2.24) is 5.32 Å². The average molecular weight is 155 g/mol. The Labute approximate surface area is 68.6 Å². The van der Waals surface area contributed by atoms with Crippen molar-refractivity contribution in [1.29, 1.82) is 0 Å². The zero-order valence-corrected chi connectivity index (χ0v) is 7.55. The average Bonchev–Trinajstić information content (AvgIpc) is 2.57. The molecule has 0 atom stereocenters. The summed E-state index contributed by atoms with van der Waals surface area (Å²) in [7, 11) is 1.93. The Hall–Kier alpha value is -0.760. The molecule has 2 nitrogen and oxygen atoms in total. The van der Waals surface area contributed by atoms with Crippen molar-refractivity contribution in [2.45, 2.75) is 20.3 Å². The highest BCUT2D eigenvalue weighted by Crippen LogP contribution is 1.98. The van der Waals surface area contributed by atoms with Gasteiger partial charge in [0.2, 0.25) is 0 Å². The van der Waals surface area contributed by atoms with Crippen LogP contribution in [0.2, 0.25) is 0 Å². The van der Waals surface area contributed by atoms with Crippen molar-refractivity contribution in [2.75, 3.05) is 13.6 Å². The van der Waals surface area contributed by atoms with Crippen molar-refractivity contribution in [3.63, 3.8) is 0 Å². The summed E-state index contributed by atoms with van der Waals surface area (Å²) in [5.74, 6) is 1.05. The summed E-state index contributed by atoms with van der Waals surface area (Å²) in [6.07, 6.45) is 2.68. The Bertz CT molecular complexity index is 147. The van der Waals surface area contributed by atoms with E-state index in [9.17, 15) is 0 Å². The summed E-state index contributed by atoms with van der Waals surface area (Å²) in [4.78, 5) is 0. The van der Waals surface area contributed by atoms with Crippen molar-refractivity contribution in [3.05, 3.63) is 24.2 Å². The van der Waals surface area contributed by atoms with Crippen molar-refractivity contribution in [3.8, 4) is 0 Å². The summed E-state index contributed by atoms with van der Waals surface area (Å²) < 4.78 is 5.10. The van der Waals surface area contributed by atoms with Gasteiger partial charge in [0.1, 0.15) is 5.76 Å². The molecule has 0 fully saturated rings. The summed E-state index contributed by atoms with van der Waals surface area (Å²) >= 11 is 0. The Balaban J connectivity index is 0.000000461. The van der Waals surface area contributed by atoms with Gasteiger partial charge in [-0.05, 0) is 19.2 Å². The van der Waals surface area contributed by atoms with Crippen LogP contribution >= 0.6 is 0 Å². The van der Waals surface area contributed by atoms with E-state index >= 15 is 0 Å². The van der Waals surface area contributed by atoms with Crippen LogP contribution in [0, 0.1) is 0 Å². The minimum Gasteiger partial charge on any atom is -0.469 e. The molecular weight excluding hydrogens is 138 g/mol. The molecule has 0 radical (unpaired) electrons. The first-order chi connectivity index (χ1) is 5.43. The molecular formula is C9H17NO. The monoisotopic (exact) mass is 155 g/mol. The zero-order chi connectivity index (χ0) is 8.53. The van der Waals surface area contributed by atoms with E-state index in [0.717, 1.165) is 18.7 Å². The van der Waals surface area contributed by atoms with Crippen LogP contribution in [0.25, 0.3) is 0 Å². The van der Waals surface area contributed by atoms with Crippen molar-refractivity contribution < 1.29 is 4.42 Å². The second-order valence-corrected chi connectivity index (χ2v) is 1.93. The van der Waals surface area contributed by atoms with Crippen LogP contribution in [0.15, 0.2) is 22.8 Å². The molecule has 1 rings (SSSR count). The van der Waals surface area contributed by atoms with Gasteiger partial charge in [0.25, 0.3) is 0 Å². The zero-order valence-electron chi connectivity index (χ0n) is 7.55. The van der Waals surface area contributed by atoms with Crippen LogP contribution in [0.5, 0.6) is 0 Å². The lowest BCUT2D eigenvalue weighted by molar-refractivity contribution is 0.504. The molecule has 1 heterocycles. The standard InChI is InChI=1S/C7H11NO.C2H6/c1-8-5-4-7-3-2-6-9-7;1-2/h2-3,6,8H,4-5H2,1H3;1-2H3. The smallest absolute Gasteiger partial charge is 0.105 e. The van der Waals surface area contributed by atoms with Crippen LogP contribution in [-0.2, 0) is 6.42 Å². The molecule has 64 valence electrons. The summed E-state index contributed by atoms with van der Waals surface area (Å²) in [6, 6.07) is 3.89. The number of hydrogen-bond acceptors (Lipinski definition) is 2.